The molecule has 0 spiro atoms. The molecule has 116 valence electrons. The monoisotopic (exact) mass is 288 g/mol. The molecule has 19 heavy (non-hydrogen) atoms. The Bertz CT molecular complexity index is 182. The maximum Gasteiger partial charge on any atom is 0.337 e. The van der Waals surface area contributed by atoms with Crippen LogP contribution in [0.25, 0.3) is 0 Å². The van der Waals surface area contributed by atoms with Crippen LogP contribution in [0.5, 0.6) is 0 Å². The van der Waals surface area contributed by atoms with Gasteiger partial charge in [0.05, 0.1) is 0 Å². The quantitative estimate of drug-likeness (QED) is 0.303. The maximum absolute atomic E-state index is 5.80. The van der Waals surface area contributed by atoms with Crippen molar-refractivity contribution in [2.75, 3.05) is 14.2 Å². The number of hydrogen-bond donors (Lipinski definition) is 0. The summed E-state index contributed by atoms with van der Waals surface area (Å²) in [6, 6.07) is 2.35. The standard InChI is InChI=1S/C16H36O2Si/c1-5-7-9-10-11-12-14-16-19(17-3,18-4)15-13-8-6-2/h5-16H2,1-4H3. The molecule has 0 aromatic rings. The average Bonchev–Trinajstić information content (AvgIpc) is 2.45. The van der Waals surface area contributed by atoms with Crippen molar-refractivity contribution >= 4 is 8.56 Å². The van der Waals surface area contributed by atoms with E-state index in [9.17, 15) is 0 Å². The van der Waals surface area contributed by atoms with E-state index in [0.29, 0.717) is 0 Å². The summed E-state index contributed by atoms with van der Waals surface area (Å²) in [6.45, 7) is 4.52. The van der Waals surface area contributed by atoms with Crippen LogP contribution in [0, 0.1) is 0 Å². The van der Waals surface area contributed by atoms with Crippen LogP contribution in [0.1, 0.15) is 78.1 Å². The van der Waals surface area contributed by atoms with E-state index in [1.165, 1.54) is 76.3 Å². The molecule has 0 atom stereocenters. The van der Waals surface area contributed by atoms with Gasteiger partial charge in [-0.25, -0.2) is 0 Å². The van der Waals surface area contributed by atoms with Gasteiger partial charge in [0, 0.05) is 14.2 Å². The second kappa shape index (κ2) is 13.1. The van der Waals surface area contributed by atoms with Crippen LogP contribution < -0.4 is 0 Å². The van der Waals surface area contributed by atoms with Gasteiger partial charge < -0.3 is 8.85 Å². The molecule has 0 aromatic carbocycles. The first-order chi connectivity index (χ1) is 9.24. The summed E-state index contributed by atoms with van der Waals surface area (Å²) in [5, 5.41) is 0. The van der Waals surface area contributed by atoms with Gasteiger partial charge in [-0.15, -0.1) is 0 Å². The van der Waals surface area contributed by atoms with Crippen molar-refractivity contribution in [1.82, 2.24) is 0 Å². The van der Waals surface area contributed by atoms with Crippen LogP contribution in [-0.4, -0.2) is 22.8 Å². The first-order valence-corrected chi connectivity index (χ1v) is 10.6. The van der Waals surface area contributed by atoms with Crippen LogP contribution in [0.2, 0.25) is 12.1 Å². The Kier molecular flexibility index (Phi) is 13.2. The Balaban J connectivity index is 3.74. The normalized spacial score (nSPS) is 12.0. The number of hydrogen-bond acceptors (Lipinski definition) is 2. The second-order valence-electron chi connectivity index (χ2n) is 5.65. The molecule has 2 nitrogen and oxygen atoms in total. The SMILES string of the molecule is CCCCCCCCC[Si](CCCCC)(OC)OC. The molecule has 0 radical (unpaired) electrons. The molecular weight excluding hydrogens is 252 g/mol. The van der Waals surface area contributed by atoms with Crippen molar-refractivity contribution in [3.63, 3.8) is 0 Å². The third-order valence-corrected chi connectivity index (χ3v) is 7.79. The summed E-state index contributed by atoms with van der Waals surface area (Å²) >= 11 is 0. The molecule has 0 amide bonds. The predicted octanol–water partition coefficient (Wildman–Crippen LogP) is 5.66. The minimum absolute atomic E-state index is 1.17. The van der Waals surface area contributed by atoms with Crippen LogP contribution in [0.3, 0.4) is 0 Å². The fourth-order valence-electron chi connectivity index (χ4n) is 2.61. The molecule has 0 heterocycles. The van der Waals surface area contributed by atoms with E-state index in [-0.39, 0.29) is 0 Å². The molecule has 0 aliphatic carbocycles. The fourth-order valence-corrected chi connectivity index (χ4v) is 5.42. The molecule has 0 bridgehead atoms. The lowest BCUT2D eigenvalue weighted by atomic mass is 10.1. The summed E-state index contributed by atoms with van der Waals surface area (Å²) in [5.74, 6) is 0. The summed E-state index contributed by atoms with van der Waals surface area (Å²) < 4.78 is 11.6. The lowest BCUT2D eigenvalue weighted by molar-refractivity contribution is 0.238. The van der Waals surface area contributed by atoms with Crippen molar-refractivity contribution in [1.29, 1.82) is 0 Å². The van der Waals surface area contributed by atoms with Gasteiger partial charge in [-0.05, 0) is 12.1 Å². The maximum atomic E-state index is 5.80. The van der Waals surface area contributed by atoms with Crippen LogP contribution in [0.15, 0.2) is 0 Å². The van der Waals surface area contributed by atoms with Crippen LogP contribution >= 0.6 is 0 Å². The minimum atomic E-state index is -1.86. The smallest absolute Gasteiger partial charge is 0.337 e. The van der Waals surface area contributed by atoms with E-state index in [2.05, 4.69) is 13.8 Å². The Morgan fingerprint density at radius 2 is 0.947 bits per heavy atom. The zero-order chi connectivity index (χ0) is 14.4. The third-order valence-electron chi connectivity index (χ3n) is 4.07. The van der Waals surface area contributed by atoms with Gasteiger partial charge in [0.2, 0.25) is 0 Å². The molecule has 0 aliphatic heterocycles. The van der Waals surface area contributed by atoms with Gasteiger partial charge in [0.15, 0.2) is 0 Å². The molecule has 0 N–H and O–H groups in total. The van der Waals surface area contributed by atoms with Crippen molar-refractivity contribution < 1.29 is 8.85 Å². The summed E-state index contributed by atoms with van der Waals surface area (Å²) in [6.07, 6.45) is 13.4. The highest BCUT2D eigenvalue weighted by molar-refractivity contribution is 6.67. The van der Waals surface area contributed by atoms with Crippen molar-refractivity contribution in [3.8, 4) is 0 Å². The molecular formula is C16H36O2Si. The van der Waals surface area contributed by atoms with Crippen molar-refractivity contribution in [2.24, 2.45) is 0 Å². The molecule has 0 unspecified atom stereocenters. The second-order valence-corrected chi connectivity index (χ2v) is 9.29. The van der Waals surface area contributed by atoms with Crippen molar-refractivity contribution in [2.45, 2.75) is 90.1 Å². The van der Waals surface area contributed by atoms with E-state index in [0.717, 1.165) is 0 Å². The number of rotatable bonds is 14. The largest absolute Gasteiger partial charge is 0.398 e. The van der Waals surface area contributed by atoms with Gasteiger partial charge >= 0.3 is 8.56 Å². The Morgan fingerprint density at radius 3 is 1.42 bits per heavy atom. The van der Waals surface area contributed by atoms with Gasteiger partial charge in [-0.2, -0.15) is 0 Å². The highest BCUT2D eigenvalue weighted by Gasteiger charge is 2.33. The van der Waals surface area contributed by atoms with Gasteiger partial charge in [0.1, 0.15) is 0 Å². The van der Waals surface area contributed by atoms with Crippen molar-refractivity contribution in [3.05, 3.63) is 0 Å². The highest BCUT2D eigenvalue weighted by Crippen LogP contribution is 2.24. The van der Waals surface area contributed by atoms with Gasteiger partial charge in [0.25, 0.3) is 0 Å². The first-order valence-electron chi connectivity index (χ1n) is 8.35. The van der Waals surface area contributed by atoms with E-state index in [4.69, 9.17) is 8.85 Å². The van der Waals surface area contributed by atoms with E-state index >= 15 is 0 Å². The topological polar surface area (TPSA) is 18.5 Å². The predicted molar refractivity (Wildman–Crippen MR) is 86.9 cm³/mol. The Morgan fingerprint density at radius 1 is 0.579 bits per heavy atom. The average molecular weight is 289 g/mol. The molecule has 0 saturated carbocycles. The first kappa shape index (κ1) is 19.1. The molecule has 3 heteroatoms. The van der Waals surface area contributed by atoms with Crippen LogP contribution in [-0.2, 0) is 8.85 Å². The lowest BCUT2D eigenvalue weighted by Gasteiger charge is -2.27. The molecule has 0 aromatic heterocycles. The molecule has 0 saturated heterocycles. The van der Waals surface area contributed by atoms with E-state index < -0.39 is 8.56 Å². The molecule has 0 fully saturated rings. The van der Waals surface area contributed by atoms with E-state index in [1.807, 2.05) is 14.2 Å². The molecule has 0 aliphatic rings. The minimum Gasteiger partial charge on any atom is -0.398 e. The fraction of sp³-hybridized carbons (Fsp3) is 1.00. The third kappa shape index (κ3) is 9.64. The Hall–Kier alpha value is 0.137. The Labute approximate surface area is 122 Å². The summed E-state index contributed by atoms with van der Waals surface area (Å²) in [5.41, 5.74) is 0. The van der Waals surface area contributed by atoms with Crippen LogP contribution in [0.4, 0.5) is 0 Å². The van der Waals surface area contributed by atoms with Gasteiger partial charge in [-0.1, -0.05) is 78.1 Å². The zero-order valence-corrected chi connectivity index (χ0v) is 14.8. The summed E-state index contributed by atoms with van der Waals surface area (Å²) in [4.78, 5) is 0. The lowest BCUT2D eigenvalue weighted by Crippen LogP contribution is -2.39. The highest BCUT2D eigenvalue weighted by atomic mass is 28.4. The molecule has 0 rings (SSSR count). The zero-order valence-electron chi connectivity index (χ0n) is 13.8. The van der Waals surface area contributed by atoms with Gasteiger partial charge in [-0.3, -0.25) is 0 Å². The van der Waals surface area contributed by atoms with E-state index in [1.54, 1.807) is 0 Å². The number of unbranched alkanes of at least 4 members (excludes halogenated alkanes) is 8. The summed E-state index contributed by atoms with van der Waals surface area (Å²) in [7, 11) is 1.84.